The first-order valence-electron chi connectivity index (χ1n) is 8.36. The second kappa shape index (κ2) is 7.03. The van der Waals surface area contributed by atoms with Gasteiger partial charge in [-0.2, -0.15) is 0 Å². The van der Waals surface area contributed by atoms with E-state index in [-0.39, 0.29) is 22.6 Å². The molecule has 0 radical (unpaired) electrons. The maximum absolute atomic E-state index is 12.6. The summed E-state index contributed by atoms with van der Waals surface area (Å²) in [5, 5.41) is 0.423. The number of carbonyl (C=O) groups excluding carboxylic acids is 1. The van der Waals surface area contributed by atoms with Crippen molar-refractivity contribution in [2.75, 3.05) is 14.2 Å². The van der Waals surface area contributed by atoms with E-state index in [1.54, 1.807) is 42.5 Å². The van der Waals surface area contributed by atoms with Gasteiger partial charge in [-0.1, -0.05) is 12.1 Å². The number of fused-ring (bicyclic) bond motifs is 1. The number of methoxy groups -OCH3 is 2. The van der Waals surface area contributed by atoms with Gasteiger partial charge in [-0.05, 0) is 36.4 Å². The lowest BCUT2D eigenvalue weighted by Crippen LogP contribution is -2.07. The Balaban J connectivity index is 1.74. The molecule has 140 valence electrons. The van der Waals surface area contributed by atoms with E-state index in [9.17, 15) is 9.59 Å². The van der Waals surface area contributed by atoms with Crippen LogP contribution in [0.5, 0.6) is 11.5 Å². The highest BCUT2D eigenvalue weighted by molar-refractivity contribution is 6.13. The fraction of sp³-hybridized carbons (Fsp3) is 0.0952. The zero-order valence-electron chi connectivity index (χ0n) is 15.1. The van der Waals surface area contributed by atoms with E-state index in [0.29, 0.717) is 28.0 Å². The summed E-state index contributed by atoms with van der Waals surface area (Å²) in [6.07, 6.45) is 2.66. The molecule has 0 bridgehead atoms. The molecule has 0 unspecified atom stereocenters. The van der Waals surface area contributed by atoms with Crippen LogP contribution in [-0.2, 0) is 9.53 Å². The third-order valence-corrected chi connectivity index (χ3v) is 4.25. The van der Waals surface area contributed by atoms with E-state index < -0.39 is 5.97 Å². The van der Waals surface area contributed by atoms with Crippen LogP contribution < -0.4 is 14.9 Å². The summed E-state index contributed by atoms with van der Waals surface area (Å²) in [7, 11) is 3.04. The van der Waals surface area contributed by atoms with E-state index in [1.807, 2.05) is 0 Å². The van der Waals surface area contributed by atoms with Crippen molar-refractivity contribution in [3.8, 4) is 11.5 Å². The Morgan fingerprint density at radius 2 is 1.79 bits per heavy atom. The minimum Gasteiger partial charge on any atom is -0.493 e. The standard InChI is InChI=1S/C21H15NO6/c1-25-17-8-7-12(10-18(17)26-2)20-22-15(21(24)28-20)9-13-11-27-16-6-4-3-5-14(16)19(13)23/h3-11H,1-2H3. The molecule has 0 spiro atoms. The Hall–Kier alpha value is -3.87. The first-order chi connectivity index (χ1) is 13.6. The van der Waals surface area contributed by atoms with Crippen molar-refractivity contribution in [3.05, 3.63) is 75.8 Å². The van der Waals surface area contributed by atoms with Gasteiger partial charge in [0, 0.05) is 5.56 Å². The molecule has 1 aromatic heterocycles. The van der Waals surface area contributed by atoms with Gasteiger partial charge in [0.05, 0.1) is 25.2 Å². The van der Waals surface area contributed by atoms with E-state index in [0.717, 1.165) is 0 Å². The van der Waals surface area contributed by atoms with Crippen LogP contribution in [-0.4, -0.2) is 26.1 Å². The molecule has 7 nitrogen and oxygen atoms in total. The Kier molecular flexibility index (Phi) is 4.41. The molecule has 7 heteroatoms. The number of carbonyl (C=O) groups is 1. The fourth-order valence-corrected chi connectivity index (χ4v) is 2.84. The number of nitrogens with zero attached hydrogens (tertiary/aromatic N) is 1. The lowest BCUT2D eigenvalue weighted by molar-refractivity contribution is -0.129. The number of hydrogen-bond acceptors (Lipinski definition) is 7. The van der Waals surface area contributed by atoms with E-state index in [4.69, 9.17) is 18.6 Å². The van der Waals surface area contributed by atoms with Crippen molar-refractivity contribution in [3.63, 3.8) is 0 Å². The van der Waals surface area contributed by atoms with Gasteiger partial charge >= 0.3 is 5.97 Å². The molecule has 0 amide bonds. The number of cyclic esters (lactones) is 1. The molecule has 4 rings (SSSR count). The largest absolute Gasteiger partial charge is 0.493 e. The Morgan fingerprint density at radius 1 is 1.00 bits per heavy atom. The summed E-state index contributed by atoms with van der Waals surface area (Å²) in [5.41, 5.74) is 0.977. The van der Waals surface area contributed by atoms with Crippen molar-refractivity contribution < 1.29 is 23.4 Å². The third kappa shape index (κ3) is 3.03. The summed E-state index contributed by atoms with van der Waals surface area (Å²) < 4.78 is 21.2. The van der Waals surface area contributed by atoms with Crippen LogP contribution in [0.25, 0.3) is 17.0 Å². The molecule has 2 heterocycles. The van der Waals surface area contributed by atoms with Crippen molar-refractivity contribution in [2.45, 2.75) is 0 Å². The summed E-state index contributed by atoms with van der Waals surface area (Å²) in [6, 6.07) is 11.9. The second-order valence-electron chi connectivity index (χ2n) is 5.92. The smallest absolute Gasteiger partial charge is 0.363 e. The quantitative estimate of drug-likeness (QED) is 0.513. The number of rotatable bonds is 4. The molecule has 0 atom stereocenters. The molecule has 3 aromatic rings. The average molecular weight is 377 g/mol. The van der Waals surface area contributed by atoms with Gasteiger partial charge in [-0.3, -0.25) is 4.79 Å². The summed E-state index contributed by atoms with van der Waals surface area (Å²) in [5.74, 6) is 0.479. The highest BCUT2D eigenvalue weighted by atomic mass is 16.6. The van der Waals surface area contributed by atoms with Gasteiger partial charge in [-0.25, -0.2) is 9.79 Å². The molecule has 2 aromatic carbocycles. The van der Waals surface area contributed by atoms with Gasteiger partial charge in [0.15, 0.2) is 22.6 Å². The highest BCUT2D eigenvalue weighted by Gasteiger charge is 2.25. The molecule has 28 heavy (non-hydrogen) atoms. The van der Waals surface area contributed by atoms with E-state index in [1.165, 1.54) is 26.6 Å². The number of para-hydroxylation sites is 1. The molecule has 1 aliphatic rings. The van der Waals surface area contributed by atoms with Crippen LogP contribution in [0.15, 0.2) is 68.6 Å². The molecule has 0 saturated heterocycles. The molecular formula is C21H15NO6. The average Bonchev–Trinajstić information content (AvgIpc) is 3.10. The monoisotopic (exact) mass is 377 g/mol. The second-order valence-corrected chi connectivity index (χ2v) is 5.92. The first-order valence-corrected chi connectivity index (χ1v) is 8.36. The lowest BCUT2D eigenvalue weighted by Gasteiger charge is -2.08. The molecule has 0 N–H and O–H groups in total. The third-order valence-electron chi connectivity index (χ3n) is 4.25. The Morgan fingerprint density at radius 3 is 2.57 bits per heavy atom. The van der Waals surface area contributed by atoms with E-state index in [2.05, 4.69) is 4.99 Å². The number of hydrogen-bond donors (Lipinski definition) is 0. The van der Waals surface area contributed by atoms with Gasteiger partial charge in [0.2, 0.25) is 5.90 Å². The number of aliphatic imine (C=N–C) groups is 1. The SMILES string of the molecule is COc1ccc(C2=NC(=Cc3coc4ccccc4c3=O)C(=O)O2)cc1OC. The maximum atomic E-state index is 12.6. The lowest BCUT2D eigenvalue weighted by atomic mass is 10.1. The zero-order valence-corrected chi connectivity index (χ0v) is 15.1. The Bertz CT molecular complexity index is 1200. The number of ether oxygens (including phenoxy) is 3. The van der Waals surface area contributed by atoms with Crippen molar-refractivity contribution >= 4 is 28.9 Å². The summed E-state index contributed by atoms with van der Waals surface area (Å²) >= 11 is 0. The summed E-state index contributed by atoms with van der Waals surface area (Å²) in [6.45, 7) is 0. The van der Waals surface area contributed by atoms with E-state index >= 15 is 0 Å². The van der Waals surface area contributed by atoms with Gasteiger partial charge in [-0.15, -0.1) is 0 Å². The van der Waals surface area contributed by atoms with Gasteiger partial charge < -0.3 is 18.6 Å². The molecule has 0 fully saturated rings. The highest BCUT2D eigenvalue weighted by Crippen LogP contribution is 2.29. The zero-order chi connectivity index (χ0) is 19.7. The molecular weight excluding hydrogens is 362 g/mol. The predicted molar refractivity (Wildman–Crippen MR) is 103 cm³/mol. The summed E-state index contributed by atoms with van der Waals surface area (Å²) in [4.78, 5) is 29.0. The van der Waals surface area contributed by atoms with Gasteiger partial charge in [0.25, 0.3) is 0 Å². The molecule has 1 aliphatic heterocycles. The number of esters is 1. The van der Waals surface area contributed by atoms with Gasteiger partial charge in [0.1, 0.15) is 11.8 Å². The topological polar surface area (TPSA) is 87.3 Å². The van der Waals surface area contributed by atoms with Crippen LogP contribution in [0.4, 0.5) is 0 Å². The predicted octanol–water partition coefficient (Wildman–Crippen LogP) is 3.15. The number of benzene rings is 2. The van der Waals surface area contributed by atoms with Crippen molar-refractivity contribution in [2.24, 2.45) is 4.99 Å². The van der Waals surface area contributed by atoms with Crippen LogP contribution in [0.3, 0.4) is 0 Å². The van der Waals surface area contributed by atoms with Crippen LogP contribution in [0.2, 0.25) is 0 Å². The Labute approximate surface area is 159 Å². The normalized spacial score (nSPS) is 14.9. The van der Waals surface area contributed by atoms with Crippen LogP contribution >= 0.6 is 0 Å². The van der Waals surface area contributed by atoms with Crippen LogP contribution in [0.1, 0.15) is 11.1 Å². The fourth-order valence-electron chi connectivity index (χ4n) is 2.84. The maximum Gasteiger partial charge on any atom is 0.363 e. The molecule has 0 saturated carbocycles. The minimum atomic E-state index is -0.655. The molecule has 0 aliphatic carbocycles. The first kappa shape index (κ1) is 17.5. The van der Waals surface area contributed by atoms with Crippen molar-refractivity contribution in [1.29, 1.82) is 0 Å². The van der Waals surface area contributed by atoms with Crippen molar-refractivity contribution in [1.82, 2.24) is 0 Å². The van der Waals surface area contributed by atoms with Crippen LogP contribution in [0, 0.1) is 0 Å². The minimum absolute atomic E-state index is 0.00682.